The molecule has 0 saturated heterocycles. The van der Waals surface area contributed by atoms with E-state index < -0.39 is 16.0 Å². The summed E-state index contributed by atoms with van der Waals surface area (Å²) in [7, 11) is -2.78. The molecule has 0 fully saturated rings. The Bertz CT molecular complexity index is 1580. The molecule has 0 aliphatic heterocycles. The highest BCUT2D eigenvalue weighted by Gasteiger charge is 2.17. The van der Waals surface area contributed by atoms with Crippen molar-refractivity contribution in [2.24, 2.45) is 0 Å². The number of aryl methyl sites for hydroxylation is 1. The topological polar surface area (TPSA) is 97.6 Å². The van der Waals surface area contributed by atoms with Crippen molar-refractivity contribution >= 4 is 21.7 Å². The first-order chi connectivity index (χ1) is 17.8. The van der Waals surface area contributed by atoms with E-state index in [0.29, 0.717) is 23.4 Å². The zero-order chi connectivity index (χ0) is 26.4. The van der Waals surface area contributed by atoms with Crippen LogP contribution in [0.5, 0.6) is 0 Å². The van der Waals surface area contributed by atoms with E-state index in [1.165, 1.54) is 7.11 Å². The highest BCUT2D eigenvalue weighted by Crippen LogP contribution is 2.24. The maximum Gasteiger partial charge on any atom is 0.340 e. The summed E-state index contributed by atoms with van der Waals surface area (Å²) in [5, 5.41) is 11.6. The molecule has 4 rings (SSSR count). The van der Waals surface area contributed by atoms with Crippen molar-refractivity contribution in [3.63, 3.8) is 0 Å². The van der Waals surface area contributed by atoms with Gasteiger partial charge in [-0.3, -0.25) is 4.72 Å². The Labute approximate surface area is 216 Å². The number of carbonyl (C=O) groups is 1. The van der Waals surface area contributed by atoms with Gasteiger partial charge >= 0.3 is 16.0 Å². The number of rotatable bonds is 7. The number of aliphatic hydroxyl groups is 1. The number of esters is 1. The molecule has 0 aliphatic rings. The number of benzene rings is 3. The molecule has 188 valence electrons. The minimum Gasteiger partial charge on any atom is -0.465 e. The van der Waals surface area contributed by atoms with Gasteiger partial charge in [0.15, 0.2) is 0 Å². The second kappa shape index (κ2) is 11.2. The molecule has 4 aromatic rings. The Morgan fingerprint density at radius 3 is 2.38 bits per heavy atom. The number of methoxy groups -OCH3 is 1. The third kappa shape index (κ3) is 6.28. The van der Waals surface area contributed by atoms with E-state index in [1.807, 2.05) is 43.3 Å². The van der Waals surface area contributed by atoms with Crippen LogP contribution in [-0.4, -0.2) is 31.2 Å². The van der Waals surface area contributed by atoms with Crippen LogP contribution in [0.4, 0.5) is 5.69 Å². The van der Waals surface area contributed by atoms with E-state index in [4.69, 9.17) is 4.74 Å². The molecule has 0 aliphatic carbocycles. The fourth-order valence-corrected chi connectivity index (χ4v) is 4.71. The summed E-state index contributed by atoms with van der Waals surface area (Å²) in [5.41, 5.74) is 5.06. The van der Waals surface area contributed by atoms with Crippen molar-refractivity contribution in [2.45, 2.75) is 20.0 Å². The predicted molar refractivity (Wildman–Crippen MR) is 143 cm³/mol. The average molecular weight is 515 g/mol. The van der Waals surface area contributed by atoms with Gasteiger partial charge in [-0.2, -0.15) is 8.42 Å². The Kier molecular flexibility index (Phi) is 7.77. The molecule has 2 N–H and O–H groups in total. The fourth-order valence-electron chi connectivity index (χ4n) is 3.92. The Morgan fingerprint density at radius 1 is 1.00 bits per heavy atom. The third-order valence-electron chi connectivity index (χ3n) is 5.73. The van der Waals surface area contributed by atoms with Gasteiger partial charge in [-0.1, -0.05) is 48.0 Å². The fraction of sp³-hybridized carbons (Fsp3) is 0.138. The summed E-state index contributed by atoms with van der Waals surface area (Å²) in [6.45, 7) is 1.90. The van der Waals surface area contributed by atoms with Crippen LogP contribution in [0.25, 0.3) is 5.69 Å². The summed E-state index contributed by atoms with van der Waals surface area (Å²) >= 11 is 0. The Morgan fingerprint density at radius 2 is 1.70 bits per heavy atom. The average Bonchev–Trinajstić information content (AvgIpc) is 3.43. The number of aliphatic hydroxyl groups excluding tert-OH is 1. The minimum atomic E-state index is -4.06. The zero-order valence-electron chi connectivity index (χ0n) is 20.4. The molecule has 1 heterocycles. The van der Waals surface area contributed by atoms with Gasteiger partial charge in [0, 0.05) is 12.4 Å². The first kappa shape index (κ1) is 25.8. The van der Waals surface area contributed by atoms with Crippen molar-refractivity contribution in [3.8, 4) is 16.9 Å². The number of nitrogens with one attached hydrogen (secondary N) is 1. The highest BCUT2D eigenvalue weighted by molar-refractivity contribution is 7.97. The smallest absolute Gasteiger partial charge is 0.340 e. The summed E-state index contributed by atoms with van der Waals surface area (Å²) in [4.78, 5) is 12.3. The number of carbonyl (C=O) groups excluding carboxylic acids is 1. The number of hydrogen-bond acceptors (Lipinski definition) is 5. The quantitative estimate of drug-likeness (QED) is 0.281. The predicted octanol–water partition coefficient (Wildman–Crippen LogP) is 4.41. The maximum absolute atomic E-state index is 13.0. The number of para-hydroxylation sites is 1. The van der Waals surface area contributed by atoms with Crippen LogP contribution >= 0.6 is 0 Å². The van der Waals surface area contributed by atoms with Gasteiger partial charge in [0.25, 0.3) is 0 Å². The standard InChI is InChI=1S/C29H26N2O5S/c1-21-8-13-27(25(18-21)19-22-9-11-23(20-32)12-10-22)30-37(34,35)17-14-24-6-5-7-26(29(33)36-2)28(24)31-15-3-4-16-31/h3-13,15-16,18,30,32H,19-20H2,1-2H3. The summed E-state index contributed by atoms with van der Waals surface area (Å²) < 4.78 is 35.2. The van der Waals surface area contributed by atoms with E-state index in [-0.39, 0.29) is 12.2 Å². The number of sulfonamides is 1. The van der Waals surface area contributed by atoms with E-state index in [2.05, 4.69) is 15.9 Å². The molecule has 0 radical (unpaired) electrons. The molecular weight excluding hydrogens is 488 g/mol. The van der Waals surface area contributed by atoms with Gasteiger partial charge < -0.3 is 14.4 Å². The molecule has 3 aromatic carbocycles. The molecule has 0 amide bonds. The van der Waals surface area contributed by atoms with Crippen LogP contribution in [0, 0.1) is 18.1 Å². The lowest BCUT2D eigenvalue weighted by Gasteiger charge is -2.12. The van der Waals surface area contributed by atoms with Crippen molar-refractivity contribution in [1.82, 2.24) is 4.57 Å². The second-order valence-corrected chi connectivity index (χ2v) is 9.84. The monoisotopic (exact) mass is 514 g/mol. The number of aromatic nitrogens is 1. The van der Waals surface area contributed by atoms with Crippen LogP contribution in [0.2, 0.25) is 0 Å². The minimum absolute atomic E-state index is 0.0387. The molecule has 0 atom stereocenters. The number of ether oxygens (including phenoxy) is 1. The molecule has 0 bridgehead atoms. The first-order valence-electron chi connectivity index (χ1n) is 11.5. The lowest BCUT2D eigenvalue weighted by Crippen LogP contribution is -2.12. The molecule has 7 nitrogen and oxygen atoms in total. The van der Waals surface area contributed by atoms with Gasteiger partial charge in [-0.25, -0.2) is 4.79 Å². The van der Waals surface area contributed by atoms with Gasteiger partial charge in [0.1, 0.15) is 0 Å². The molecule has 37 heavy (non-hydrogen) atoms. The number of hydrogen-bond donors (Lipinski definition) is 2. The van der Waals surface area contributed by atoms with Crippen LogP contribution in [0.1, 0.15) is 38.2 Å². The molecular formula is C29H26N2O5S. The lowest BCUT2D eigenvalue weighted by atomic mass is 10.0. The van der Waals surface area contributed by atoms with Crippen LogP contribution in [-0.2, 0) is 27.8 Å². The maximum atomic E-state index is 13.0. The van der Waals surface area contributed by atoms with Crippen LogP contribution < -0.4 is 4.72 Å². The number of anilines is 1. The summed E-state index contributed by atoms with van der Waals surface area (Å²) in [6.07, 6.45) is 3.98. The van der Waals surface area contributed by atoms with Crippen molar-refractivity contribution in [2.75, 3.05) is 11.8 Å². The molecule has 0 saturated carbocycles. The number of nitrogens with zero attached hydrogens (tertiary/aromatic N) is 1. The summed E-state index contributed by atoms with van der Waals surface area (Å²) in [5.74, 6) is 2.17. The Balaban J connectivity index is 1.66. The van der Waals surface area contributed by atoms with Gasteiger partial charge in [0.05, 0.1) is 41.5 Å². The van der Waals surface area contributed by atoms with Crippen molar-refractivity contribution in [3.05, 3.63) is 119 Å². The third-order valence-corrected chi connectivity index (χ3v) is 6.59. The van der Waals surface area contributed by atoms with E-state index in [1.54, 1.807) is 53.4 Å². The SMILES string of the molecule is COC(=O)c1cccc(C#CS(=O)(=O)Nc2ccc(C)cc2Cc2ccc(CO)cc2)c1-n1cccc1. The molecule has 8 heteroatoms. The van der Waals surface area contributed by atoms with Crippen LogP contribution in [0.15, 0.2) is 85.2 Å². The zero-order valence-corrected chi connectivity index (χ0v) is 21.2. The van der Waals surface area contributed by atoms with Crippen molar-refractivity contribution < 1.29 is 23.1 Å². The van der Waals surface area contributed by atoms with E-state index in [9.17, 15) is 18.3 Å². The van der Waals surface area contributed by atoms with Gasteiger partial charge in [0.2, 0.25) is 0 Å². The molecule has 1 aromatic heterocycles. The normalized spacial score (nSPS) is 10.9. The second-order valence-electron chi connectivity index (χ2n) is 8.43. The first-order valence-corrected chi connectivity index (χ1v) is 13.0. The van der Waals surface area contributed by atoms with Crippen LogP contribution in [0.3, 0.4) is 0 Å². The summed E-state index contributed by atoms with van der Waals surface area (Å²) in [6, 6.07) is 21.4. The van der Waals surface area contributed by atoms with Gasteiger partial charge in [-0.05, 0) is 66.3 Å². The van der Waals surface area contributed by atoms with E-state index >= 15 is 0 Å². The highest BCUT2D eigenvalue weighted by atomic mass is 32.2. The Hall–Kier alpha value is -4.32. The van der Waals surface area contributed by atoms with Crippen molar-refractivity contribution in [1.29, 1.82) is 0 Å². The lowest BCUT2D eigenvalue weighted by molar-refractivity contribution is 0.0600. The van der Waals surface area contributed by atoms with Gasteiger partial charge in [-0.15, -0.1) is 0 Å². The molecule has 0 unspecified atom stereocenters. The van der Waals surface area contributed by atoms with E-state index in [0.717, 1.165) is 22.3 Å². The largest absolute Gasteiger partial charge is 0.465 e. The molecule has 0 spiro atoms.